The van der Waals surface area contributed by atoms with Gasteiger partial charge in [-0.1, -0.05) is 30.3 Å². The highest BCUT2D eigenvalue weighted by atomic mass is 79.9. The van der Waals surface area contributed by atoms with Crippen LogP contribution in [0.1, 0.15) is 5.56 Å². The summed E-state index contributed by atoms with van der Waals surface area (Å²) >= 11 is 3.18. The lowest BCUT2D eigenvalue weighted by atomic mass is 9.95. The molecule has 0 amide bonds. The normalized spacial score (nSPS) is 20.2. The van der Waals surface area contributed by atoms with Gasteiger partial charge in [0.05, 0.1) is 5.92 Å². The van der Waals surface area contributed by atoms with Crippen LogP contribution >= 0.6 is 15.9 Å². The Bertz CT molecular complexity index is 423. The number of benzene rings is 1. The van der Waals surface area contributed by atoms with E-state index in [2.05, 4.69) is 20.9 Å². The van der Waals surface area contributed by atoms with E-state index in [9.17, 15) is 4.79 Å². The van der Waals surface area contributed by atoms with Crippen LogP contribution in [0.25, 0.3) is 0 Å². The number of ketones is 1. The summed E-state index contributed by atoms with van der Waals surface area (Å²) in [5.74, 6) is -0.00516. The summed E-state index contributed by atoms with van der Waals surface area (Å²) in [6.07, 6.45) is 3.97. The van der Waals surface area contributed by atoms with Gasteiger partial charge in [0.1, 0.15) is 4.61 Å². The Kier molecular flexibility index (Phi) is 3.11. The Balaban J connectivity index is 2.09. The number of nitrogens with zero attached hydrogens (tertiary/aromatic N) is 1. The van der Waals surface area contributed by atoms with E-state index in [1.165, 1.54) is 6.08 Å². The van der Waals surface area contributed by atoms with Crippen molar-refractivity contribution < 1.29 is 4.79 Å². The number of rotatable bonds is 2. The minimum Gasteiger partial charge on any atom is -0.294 e. The molecule has 1 aromatic carbocycles. The highest BCUT2D eigenvalue weighted by molar-refractivity contribution is 9.11. The summed E-state index contributed by atoms with van der Waals surface area (Å²) in [6.45, 7) is 0. The standard InChI is InChI=1S/C12H10BrNO/c13-12-7-11(15)10(8-14-12)6-9-4-2-1-3-5-9/h1-5,7-8,10H,6H2. The summed E-state index contributed by atoms with van der Waals surface area (Å²) in [4.78, 5) is 15.7. The Morgan fingerprint density at radius 1 is 1.27 bits per heavy atom. The van der Waals surface area contributed by atoms with Crippen molar-refractivity contribution in [1.29, 1.82) is 0 Å². The third-order valence-electron chi connectivity index (χ3n) is 2.30. The number of allylic oxidation sites excluding steroid dienone is 1. The van der Waals surface area contributed by atoms with Crippen LogP contribution in [0.3, 0.4) is 0 Å². The van der Waals surface area contributed by atoms with Crippen molar-refractivity contribution in [3.05, 3.63) is 46.6 Å². The van der Waals surface area contributed by atoms with Crippen molar-refractivity contribution in [3.63, 3.8) is 0 Å². The SMILES string of the molecule is O=C1C=C(Br)N=CC1Cc1ccccc1. The third kappa shape index (κ3) is 2.63. The summed E-state index contributed by atoms with van der Waals surface area (Å²) in [7, 11) is 0. The second-order valence-corrected chi connectivity index (χ2v) is 4.26. The van der Waals surface area contributed by atoms with Crippen LogP contribution in [-0.2, 0) is 11.2 Å². The van der Waals surface area contributed by atoms with Crippen LogP contribution in [0.5, 0.6) is 0 Å². The number of hydrogen-bond donors (Lipinski definition) is 0. The molecule has 1 aliphatic rings. The Hall–Kier alpha value is -1.22. The largest absolute Gasteiger partial charge is 0.294 e. The quantitative estimate of drug-likeness (QED) is 0.755. The molecule has 0 saturated heterocycles. The number of carbonyl (C=O) groups is 1. The van der Waals surface area contributed by atoms with Crippen molar-refractivity contribution in [1.82, 2.24) is 0 Å². The smallest absolute Gasteiger partial charge is 0.167 e. The molecule has 1 atom stereocenters. The maximum Gasteiger partial charge on any atom is 0.167 e. The monoisotopic (exact) mass is 263 g/mol. The number of hydrogen-bond acceptors (Lipinski definition) is 2. The van der Waals surface area contributed by atoms with Crippen molar-refractivity contribution in [2.45, 2.75) is 6.42 Å². The van der Waals surface area contributed by atoms with Gasteiger partial charge in [-0.05, 0) is 27.9 Å². The minimum atomic E-state index is -0.117. The maximum absolute atomic E-state index is 11.6. The van der Waals surface area contributed by atoms with E-state index in [-0.39, 0.29) is 11.7 Å². The van der Waals surface area contributed by atoms with Gasteiger partial charge in [-0.3, -0.25) is 9.79 Å². The van der Waals surface area contributed by atoms with Crippen LogP contribution in [0.15, 0.2) is 46.0 Å². The van der Waals surface area contributed by atoms with E-state index in [0.717, 1.165) is 12.0 Å². The lowest BCUT2D eigenvalue weighted by Crippen LogP contribution is -2.19. The minimum absolute atomic E-state index is 0.112. The average Bonchev–Trinajstić information content (AvgIpc) is 2.24. The molecule has 1 aromatic rings. The van der Waals surface area contributed by atoms with Gasteiger partial charge >= 0.3 is 0 Å². The maximum atomic E-state index is 11.6. The zero-order valence-electron chi connectivity index (χ0n) is 8.06. The first-order valence-corrected chi connectivity index (χ1v) is 5.54. The molecule has 76 valence electrons. The fraction of sp³-hybridized carbons (Fsp3) is 0.167. The molecule has 0 bridgehead atoms. The molecule has 0 radical (unpaired) electrons. The second-order valence-electron chi connectivity index (χ2n) is 3.44. The summed E-state index contributed by atoms with van der Waals surface area (Å²) < 4.78 is 0.608. The Morgan fingerprint density at radius 3 is 2.67 bits per heavy atom. The molecule has 1 unspecified atom stereocenters. The molecule has 0 N–H and O–H groups in total. The fourth-order valence-electron chi connectivity index (χ4n) is 1.52. The van der Waals surface area contributed by atoms with E-state index >= 15 is 0 Å². The molecular formula is C12H10BrNO. The molecule has 0 saturated carbocycles. The van der Waals surface area contributed by atoms with Gasteiger partial charge in [-0.25, -0.2) is 0 Å². The van der Waals surface area contributed by atoms with Crippen LogP contribution in [0, 0.1) is 5.92 Å². The molecule has 0 aliphatic carbocycles. The zero-order chi connectivity index (χ0) is 10.7. The third-order valence-corrected chi connectivity index (χ3v) is 2.74. The van der Waals surface area contributed by atoms with Crippen molar-refractivity contribution in [2.24, 2.45) is 10.9 Å². The van der Waals surface area contributed by atoms with Crippen molar-refractivity contribution in [2.75, 3.05) is 0 Å². The molecule has 0 spiro atoms. The van der Waals surface area contributed by atoms with Gasteiger partial charge < -0.3 is 0 Å². The molecule has 15 heavy (non-hydrogen) atoms. The van der Waals surface area contributed by atoms with E-state index in [0.29, 0.717) is 4.61 Å². The van der Waals surface area contributed by atoms with E-state index < -0.39 is 0 Å². The summed E-state index contributed by atoms with van der Waals surface area (Å²) in [5, 5.41) is 0. The van der Waals surface area contributed by atoms with E-state index in [1.54, 1.807) is 6.21 Å². The predicted octanol–water partition coefficient (Wildman–Crippen LogP) is 2.74. The molecule has 3 heteroatoms. The number of carbonyl (C=O) groups excluding carboxylic acids is 1. The first-order valence-electron chi connectivity index (χ1n) is 4.75. The van der Waals surface area contributed by atoms with E-state index in [4.69, 9.17) is 0 Å². The Labute approximate surface area is 96.9 Å². The molecular weight excluding hydrogens is 254 g/mol. The molecule has 2 rings (SSSR count). The molecule has 1 heterocycles. The topological polar surface area (TPSA) is 29.4 Å². The second kappa shape index (κ2) is 4.53. The Morgan fingerprint density at radius 2 is 2.00 bits per heavy atom. The van der Waals surface area contributed by atoms with Crippen LogP contribution in [-0.4, -0.2) is 12.0 Å². The average molecular weight is 264 g/mol. The first kappa shape index (κ1) is 10.3. The number of halogens is 1. The van der Waals surface area contributed by atoms with Gasteiger partial charge in [0.25, 0.3) is 0 Å². The lowest BCUT2D eigenvalue weighted by Gasteiger charge is -2.11. The van der Waals surface area contributed by atoms with Gasteiger partial charge in [0, 0.05) is 12.3 Å². The summed E-state index contributed by atoms with van der Waals surface area (Å²) in [5.41, 5.74) is 1.16. The fourth-order valence-corrected chi connectivity index (χ4v) is 1.86. The zero-order valence-corrected chi connectivity index (χ0v) is 9.65. The van der Waals surface area contributed by atoms with Gasteiger partial charge in [-0.15, -0.1) is 0 Å². The summed E-state index contributed by atoms with van der Waals surface area (Å²) in [6, 6.07) is 9.97. The molecule has 1 aliphatic heterocycles. The van der Waals surface area contributed by atoms with Gasteiger partial charge in [0.15, 0.2) is 5.78 Å². The predicted molar refractivity (Wildman–Crippen MR) is 64.1 cm³/mol. The lowest BCUT2D eigenvalue weighted by molar-refractivity contribution is -0.116. The highest BCUT2D eigenvalue weighted by Crippen LogP contribution is 2.17. The molecule has 0 aromatic heterocycles. The number of aliphatic imine (C=N–C) groups is 1. The highest BCUT2D eigenvalue weighted by Gasteiger charge is 2.18. The van der Waals surface area contributed by atoms with E-state index in [1.807, 2.05) is 30.3 Å². The van der Waals surface area contributed by atoms with Crippen molar-refractivity contribution in [3.8, 4) is 0 Å². The van der Waals surface area contributed by atoms with Gasteiger partial charge in [0.2, 0.25) is 0 Å². The molecule has 2 nitrogen and oxygen atoms in total. The first-order chi connectivity index (χ1) is 7.25. The van der Waals surface area contributed by atoms with Crippen molar-refractivity contribution >= 4 is 27.9 Å². The van der Waals surface area contributed by atoms with Crippen LogP contribution in [0.4, 0.5) is 0 Å². The van der Waals surface area contributed by atoms with Crippen LogP contribution in [0.2, 0.25) is 0 Å². The molecule has 0 fully saturated rings. The van der Waals surface area contributed by atoms with Gasteiger partial charge in [-0.2, -0.15) is 0 Å². The van der Waals surface area contributed by atoms with Crippen LogP contribution < -0.4 is 0 Å².